The topological polar surface area (TPSA) is 20.2 Å². The van der Waals surface area contributed by atoms with Crippen LogP contribution in [0.5, 0.6) is 0 Å². The van der Waals surface area contributed by atoms with Crippen molar-refractivity contribution in [1.29, 1.82) is 0 Å². The van der Waals surface area contributed by atoms with E-state index in [0.717, 1.165) is 17.2 Å². The Morgan fingerprint density at radius 2 is 1.78 bits per heavy atom. The van der Waals surface area contributed by atoms with Crippen LogP contribution in [-0.4, -0.2) is 5.11 Å². The van der Waals surface area contributed by atoms with E-state index >= 15 is 0 Å². The van der Waals surface area contributed by atoms with E-state index in [2.05, 4.69) is 0 Å². The average molecular weight is 248 g/mol. The lowest BCUT2D eigenvalue weighted by atomic mass is 9.97. The standard InChI is InChI=1S/C15H14F2O/c1-10-5-2-3-7-12(10)14(18)9-11-6-4-8-13(16)15(11)17/h2-8,14,18H,9H2,1H3. The van der Waals surface area contributed by atoms with Gasteiger partial charge in [-0.25, -0.2) is 8.78 Å². The van der Waals surface area contributed by atoms with E-state index in [1.165, 1.54) is 12.1 Å². The van der Waals surface area contributed by atoms with Gasteiger partial charge in [-0.1, -0.05) is 36.4 Å². The van der Waals surface area contributed by atoms with Gasteiger partial charge in [0.2, 0.25) is 0 Å². The Morgan fingerprint density at radius 3 is 2.50 bits per heavy atom. The summed E-state index contributed by atoms with van der Waals surface area (Å²) in [5.41, 5.74) is 1.86. The van der Waals surface area contributed by atoms with Crippen LogP contribution in [0.4, 0.5) is 8.78 Å². The third-order valence-electron chi connectivity index (χ3n) is 2.99. The monoisotopic (exact) mass is 248 g/mol. The third-order valence-corrected chi connectivity index (χ3v) is 2.99. The van der Waals surface area contributed by atoms with Crippen molar-refractivity contribution in [3.8, 4) is 0 Å². The molecule has 0 fully saturated rings. The van der Waals surface area contributed by atoms with Gasteiger partial charge >= 0.3 is 0 Å². The first-order valence-electron chi connectivity index (χ1n) is 5.76. The number of benzene rings is 2. The second kappa shape index (κ2) is 5.27. The zero-order chi connectivity index (χ0) is 13.1. The molecule has 2 aromatic carbocycles. The number of halogens is 2. The number of aliphatic hydroxyl groups excluding tert-OH is 1. The molecule has 2 aromatic rings. The molecule has 0 amide bonds. The Balaban J connectivity index is 2.24. The van der Waals surface area contributed by atoms with Gasteiger partial charge in [0.15, 0.2) is 11.6 Å². The maximum atomic E-state index is 13.5. The van der Waals surface area contributed by atoms with E-state index in [4.69, 9.17) is 0 Å². The van der Waals surface area contributed by atoms with Crippen molar-refractivity contribution >= 4 is 0 Å². The van der Waals surface area contributed by atoms with Crippen LogP contribution < -0.4 is 0 Å². The molecule has 0 bridgehead atoms. The molecule has 0 aliphatic carbocycles. The molecule has 1 N–H and O–H groups in total. The van der Waals surface area contributed by atoms with Gasteiger partial charge in [-0.3, -0.25) is 0 Å². The first-order valence-corrected chi connectivity index (χ1v) is 5.76. The average Bonchev–Trinajstić information content (AvgIpc) is 2.35. The summed E-state index contributed by atoms with van der Waals surface area (Å²) in [4.78, 5) is 0. The molecule has 0 spiro atoms. The highest BCUT2D eigenvalue weighted by molar-refractivity contribution is 5.30. The van der Waals surface area contributed by atoms with Gasteiger partial charge in [0, 0.05) is 6.42 Å². The largest absolute Gasteiger partial charge is 0.388 e. The maximum absolute atomic E-state index is 13.5. The van der Waals surface area contributed by atoms with Gasteiger partial charge in [-0.2, -0.15) is 0 Å². The fourth-order valence-electron chi connectivity index (χ4n) is 1.99. The van der Waals surface area contributed by atoms with Gasteiger partial charge in [-0.15, -0.1) is 0 Å². The minimum Gasteiger partial charge on any atom is -0.388 e. The maximum Gasteiger partial charge on any atom is 0.162 e. The van der Waals surface area contributed by atoms with Crippen LogP contribution in [0, 0.1) is 18.6 Å². The fraction of sp³-hybridized carbons (Fsp3) is 0.200. The van der Waals surface area contributed by atoms with Crippen LogP contribution >= 0.6 is 0 Å². The molecule has 0 radical (unpaired) electrons. The van der Waals surface area contributed by atoms with Gasteiger partial charge in [-0.05, 0) is 29.7 Å². The lowest BCUT2D eigenvalue weighted by Crippen LogP contribution is -2.06. The summed E-state index contributed by atoms with van der Waals surface area (Å²) in [6, 6.07) is 11.3. The van der Waals surface area contributed by atoms with Crippen molar-refractivity contribution in [3.63, 3.8) is 0 Å². The summed E-state index contributed by atoms with van der Waals surface area (Å²) >= 11 is 0. The quantitative estimate of drug-likeness (QED) is 0.880. The number of hydrogen-bond acceptors (Lipinski definition) is 1. The zero-order valence-corrected chi connectivity index (χ0v) is 10.0. The molecule has 1 nitrogen and oxygen atoms in total. The Bertz CT molecular complexity index is 552. The van der Waals surface area contributed by atoms with E-state index in [-0.39, 0.29) is 12.0 Å². The van der Waals surface area contributed by atoms with Gasteiger partial charge < -0.3 is 5.11 Å². The van der Waals surface area contributed by atoms with Crippen LogP contribution in [-0.2, 0) is 6.42 Å². The fourth-order valence-corrected chi connectivity index (χ4v) is 1.99. The predicted molar refractivity (Wildman–Crippen MR) is 66.2 cm³/mol. The molecule has 18 heavy (non-hydrogen) atoms. The molecule has 94 valence electrons. The molecule has 1 atom stereocenters. The molecule has 0 saturated heterocycles. The van der Waals surface area contributed by atoms with E-state index in [1.54, 1.807) is 6.07 Å². The minimum atomic E-state index is -0.885. The highest BCUT2D eigenvalue weighted by atomic mass is 19.2. The summed E-state index contributed by atoms with van der Waals surface area (Å²) in [5.74, 6) is -1.77. The highest BCUT2D eigenvalue weighted by Crippen LogP contribution is 2.23. The second-order valence-electron chi connectivity index (χ2n) is 4.29. The van der Waals surface area contributed by atoms with Crippen LogP contribution in [0.1, 0.15) is 22.8 Å². The zero-order valence-electron chi connectivity index (χ0n) is 10.0. The summed E-state index contributed by atoms with van der Waals surface area (Å²) in [6.07, 6.45) is -0.767. The first-order chi connectivity index (χ1) is 8.59. The number of aryl methyl sites for hydroxylation is 1. The number of hydrogen-bond donors (Lipinski definition) is 1. The SMILES string of the molecule is Cc1ccccc1C(O)Cc1cccc(F)c1F. The summed E-state index contributed by atoms with van der Waals surface area (Å²) in [5, 5.41) is 10.1. The normalized spacial score (nSPS) is 12.4. The summed E-state index contributed by atoms with van der Waals surface area (Å²) in [6.45, 7) is 1.88. The van der Waals surface area contributed by atoms with Crippen molar-refractivity contribution < 1.29 is 13.9 Å². The molecule has 0 aliphatic rings. The summed E-state index contributed by atoms with van der Waals surface area (Å²) < 4.78 is 26.5. The van der Waals surface area contributed by atoms with Gasteiger partial charge in [0.1, 0.15) is 0 Å². The Hall–Kier alpha value is -1.74. The highest BCUT2D eigenvalue weighted by Gasteiger charge is 2.15. The predicted octanol–water partition coefficient (Wildman–Crippen LogP) is 3.55. The van der Waals surface area contributed by atoms with E-state index in [1.807, 2.05) is 25.1 Å². The number of aliphatic hydroxyl groups is 1. The van der Waals surface area contributed by atoms with E-state index in [9.17, 15) is 13.9 Å². The second-order valence-corrected chi connectivity index (χ2v) is 4.29. The van der Waals surface area contributed by atoms with Crippen molar-refractivity contribution in [2.75, 3.05) is 0 Å². The molecule has 0 aromatic heterocycles. The van der Waals surface area contributed by atoms with Gasteiger partial charge in [0.05, 0.1) is 6.10 Å². The Morgan fingerprint density at radius 1 is 1.06 bits per heavy atom. The van der Waals surface area contributed by atoms with Crippen LogP contribution in [0.15, 0.2) is 42.5 Å². The lowest BCUT2D eigenvalue weighted by molar-refractivity contribution is 0.176. The van der Waals surface area contributed by atoms with Crippen molar-refractivity contribution in [2.45, 2.75) is 19.4 Å². The van der Waals surface area contributed by atoms with Gasteiger partial charge in [0.25, 0.3) is 0 Å². The molecule has 1 unspecified atom stereocenters. The molecule has 0 saturated carbocycles. The summed E-state index contributed by atoms with van der Waals surface area (Å²) in [7, 11) is 0. The Labute approximate surface area is 105 Å². The first kappa shape index (κ1) is 12.7. The molecular weight excluding hydrogens is 234 g/mol. The molecule has 2 rings (SSSR count). The third kappa shape index (κ3) is 2.57. The molecule has 3 heteroatoms. The van der Waals surface area contributed by atoms with Crippen LogP contribution in [0.25, 0.3) is 0 Å². The lowest BCUT2D eigenvalue weighted by Gasteiger charge is -2.14. The molecule has 0 aliphatic heterocycles. The van der Waals surface area contributed by atoms with Crippen LogP contribution in [0.2, 0.25) is 0 Å². The molecule has 0 heterocycles. The van der Waals surface area contributed by atoms with E-state index < -0.39 is 17.7 Å². The minimum absolute atomic E-state index is 0.0639. The molecular formula is C15H14F2O. The smallest absolute Gasteiger partial charge is 0.162 e. The van der Waals surface area contributed by atoms with Crippen molar-refractivity contribution in [2.24, 2.45) is 0 Å². The van der Waals surface area contributed by atoms with Crippen LogP contribution in [0.3, 0.4) is 0 Å². The Kier molecular flexibility index (Phi) is 3.72. The van der Waals surface area contributed by atoms with Crippen molar-refractivity contribution in [3.05, 3.63) is 70.8 Å². The van der Waals surface area contributed by atoms with E-state index in [0.29, 0.717) is 0 Å². The van der Waals surface area contributed by atoms with Crippen molar-refractivity contribution in [1.82, 2.24) is 0 Å². The number of rotatable bonds is 3.